The number of amides is 2. The Morgan fingerprint density at radius 3 is 3.00 bits per heavy atom. The summed E-state index contributed by atoms with van der Waals surface area (Å²) >= 11 is 1.79. The molecule has 24 heavy (non-hydrogen) atoms. The molecule has 6 heteroatoms. The molecule has 2 amide bonds. The van der Waals surface area contributed by atoms with Gasteiger partial charge < -0.3 is 15.1 Å². The Labute approximate surface area is 146 Å². The first-order valence-electron chi connectivity index (χ1n) is 8.57. The average molecular weight is 342 g/mol. The highest BCUT2D eigenvalue weighted by atomic mass is 32.1. The summed E-state index contributed by atoms with van der Waals surface area (Å²) in [7, 11) is 0. The van der Waals surface area contributed by atoms with E-state index in [1.54, 1.807) is 11.3 Å². The maximum absolute atomic E-state index is 12.4. The van der Waals surface area contributed by atoms with Crippen molar-refractivity contribution in [3.05, 3.63) is 45.8 Å². The quantitative estimate of drug-likeness (QED) is 0.933. The van der Waals surface area contributed by atoms with Gasteiger partial charge in [0.2, 0.25) is 0 Å². The number of aromatic nitrogens is 1. The molecule has 126 valence electrons. The van der Waals surface area contributed by atoms with Crippen LogP contribution in [0, 0.1) is 0 Å². The van der Waals surface area contributed by atoms with E-state index in [0.717, 1.165) is 44.0 Å². The fraction of sp³-hybridized carbons (Fsp3) is 0.444. The highest BCUT2D eigenvalue weighted by Crippen LogP contribution is 2.24. The van der Waals surface area contributed by atoms with Gasteiger partial charge in [0.15, 0.2) is 0 Å². The molecular formula is C18H22N4OS. The first-order valence-corrected chi connectivity index (χ1v) is 9.45. The average Bonchev–Trinajstić information content (AvgIpc) is 3.30. The van der Waals surface area contributed by atoms with E-state index in [1.165, 1.54) is 23.3 Å². The zero-order valence-corrected chi connectivity index (χ0v) is 14.5. The molecule has 0 aromatic carbocycles. The number of fused-ring (bicyclic) bond motifs is 1. The van der Waals surface area contributed by atoms with Gasteiger partial charge in [0, 0.05) is 43.8 Å². The van der Waals surface area contributed by atoms with E-state index in [-0.39, 0.29) is 6.03 Å². The van der Waals surface area contributed by atoms with Gasteiger partial charge in [-0.1, -0.05) is 0 Å². The first kappa shape index (κ1) is 15.4. The zero-order valence-electron chi connectivity index (χ0n) is 13.7. The van der Waals surface area contributed by atoms with Crippen molar-refractivity contribution in [3.63, 3.8) is 0 Å². The predicted molar refractivity (Wildman–Crippen MR) is 96.4 cm³/mol. The van der Waals surface area contributed by atoms with Gasteiger partial charge in [0.1, 0.15) is 5.82 Å². The van der Waals surface area contributed by atoms with Crippen LogP contribution < -0.4 is 10.2 Å². The minimum Gasteiger partial charge on any atom is -0.357 e. The van der Waals surface area contributed by atoms with Gasteiger partial charge in [-0.2, -0.15) is 0 Å². The van der Waals surface area contributed by atoms with Crippen molar-refractivity contribution in [1.29, 1.82) is 0 Å². The zero-order chi connectivity index (χ0) is 16.4. The number of thiophene rings is 1. The molecule has 0 saturated carbocycles. The smallest absolute Gasteiger partial charge is 0.317 e. The van der Waals surface area contributed by atoms with Crippen molar-refractivity contribution in [1.82, 2.24) is 15.2 Å². The Morgan fingerprint density at radius 1 is 1.25 bits per heavy atom. The standard InChI is InChI=1S/C18H22N4OS/c23-18(22-9-4-16-15(13-22)5-10-24-16)20-12-14-3-6-19-17(11-14)21-7-1-2-8-21/h3,5-6,10-11H,1-2,4,7-9,12-13H2,(H,20,23). The van der Waals surface area contributed by atoms with E-state index >= 15 is 0 Å². The summed E-state index contributed by atoms with van der Waals surface area (Å²) in [5.41, 5.74) is 2.40. The van der Waals surface area contributed by atoms with E-state index < -0.39 is 0 Å². The minimum atomic E-state index is 0.0198. The monoisotopic (exact) mass is 342 g/mol. The molecule has 2 aliphatic heterocycles. The van der Waals surface area contributed by atoms with Gasteiger partial charge in [-0.05, 0) is 54.0 Å². The van der Waals surface area contributed by atoms with Crippen LogP contribution in [0.25, 0.3) is 0 Å². The van der Waals surface area contributed by atoms with Crippen LogP contribution in [0.1, 0.15) is 28.8 Å². The molecule has 0 bridgehead atoms. The number of anilines is 1. The van der Waals surface area contributed by atoms with Gasteiger partial charge in [-0.3, -0.25) is 0 Å². The summed E-state index contributed by atoms with van der Waals surface area (Å²) in [5.74, 6) is 1.03. The summed E-state index contributed by atoms with van der Waals surface area (Å²) in [5, 5.41) is 5.17. The number of pyridine rings is 1. The minimum absolute atomic E-state index is 0.0198. The number of hydrogen-bond donors (Lipinski definition) is 1. The largest absolute Gasteiger partial charge is 0.357 e. The number of rotatable bonds is 3. The van der Waals surface area contributed by atoms with E-state index in [0.29, 0.717) is 6.54 Å². The van der Waals surface area contributed by atoms with Crippen LogP contribution in [0.15, 0.2) is 29.8 Å². The molecule has 4 heterocycles. The van der Waals surface area contributed by atoms with Crippen LogP contribution in [-0.2, 0) is 19.5 Å². The van der Waals surface area contributed by atoms with Crippen molar-refractivity contribution < 1.29 is 4.79 Å². The summed E-state index contributed by atoms with van der Waals surface area (Å²) in [6.07, 6.45) is 5.28. The lowest BCUT2D eigenvalue weighted by molar-refractivity contribution is 0.192. The predicted octanol–water partition coefficient (Wildman–Crippen LogP) is 3.01. The molecule has 0 aliphatic carbocycles. The fourth-order valence-electron chi connectivity index (χ4n) is 3.40. The third-order valence-corrected chi connectivity index (χ3v) is 5.80. The summed E-state index contributed by atoms with van der Waals surface area (Å²) in [4.78, 5) is 22.5. The highest BCUT2D eigenvalue weighted by Gasteiger charge is 2.21. The van der Waals surface area contributed by atoms with Crippen LogP contribution in [0.4, 0.5) is 10.6 Å². The van der Waals surface area contributed by atoms with Crippen LogP contribution in [0.3, 0.4) is 0 Å². The lowest BCUT2D eigenvalue weighted by Crippen LogP contribution is -2.42. The Bertz CT molecular complexity index is 723. The Morgan fingerprint density at radius 2 is 2.12 bits per heavy atom. The number of nitrogens with one attached hydrogen (secondary N) is 1. The maximum Gasteiger partial charge on any atom is 0.317 e. The lowest BCUT2D eigenvalue weighted by Gasteiger charge is -2.27. The van der Waals surface area contributed by atoms with Gasteiger partial charge >= 0.3 is 6.03 Å². The number of nitrogens with zero attached hydrogens (tertiary/aromatic N) is 3. The molecule has 0 unspecified atom stereocenters. The molecule has 2 aliphatic rings. The third-order valence-electron chi connectivity index (χ3n) is 4.78. The van der Waals surface area contributed by atoms with E-state index in [4.69, 9.17) is 0 Å². The van der Waals surface area contributed by atoms with Crippen LogP contribution >= 0.6 is 11.3 Å². The van der Waals surface area contributed by atoms with E-state index in [2.05, 4.69) is 32.7 Å². The molecule has 0 atom stereocenters. The maximum atomic E-state index is 12.4. The molecule has 4 rings (SSSR count). The normalized spacial score (nSPS) is 17.0. The molecule has 1 saturated heterocycles. The third kappa shape index (κ3) is 3.24. The Balaban J connectivity index is 1.35. The molecule has 0 spiro atoms. The first-order chi connectivity index (χ1) is 11.8. The van der Waals surface area contributed by atoms with Gasteiger partial charge in [-0.15, -0.1) is 11.3 Å². The SMILES string of the molecule is O=C(NCc1ccnc(N2CCCC2)c1)N1CCc2sccc2C1. The van der Waals surface area contributed by atoms with Crippen molar-refractivity contribution in [3.8, 4) is 0 Å². The molecule has 2 aromatic rings. The fourth-order valence-corrected chi connectivity index (χ4v) is 4.29. The van der Waals surface area contributed by atoms with E-state index in [1.807, 2.05) is 17.2 Å². The topological polar surface area (TPSA) is 48.5 Å². The molecule has 5 nitrogen and oxygen atoms in total. The number of hydrogen-bond acceptors (Lipinski definition) is 4. The second-order valence-corrected chi connectivity index (χ2v) is 7.42. The van der Waals surface area contributed by atoms with E-state index in [9.17, 15) is 4.79 Å². The molecule has 0 radical (unpaired) electrons. The van der Waals surface area contributed by atoms with Crippen molar-refractivity contribution in [2.45, 2.75) is 32.4 Å². The van der Waals surface area contributed by atoms with Crippen molar-refractivity contribution in [2.24, 2.45) is 0 Å². The van der Waals surface area contributed by atoms with Crippen LogP contribution in [-0.4, -0.2) is 35.5 Å². The molecule has 1 N–H and O–H groups in total. The lowest BCUT2D eigenvalue weighted by atomic mass is 10.1. The van der Waals surface area contributed by atoms with Crippen molar-refractivity contribution in [2.75, 3.05) is 24.5 Å². The van der Waals surface area contributed by atoms with Gasteiger partial charge in [0.25, 0.3) is 0 Å². The summed E-state index contributed by atoms with van der Waals surface area (Å²) < 4.78 is 0. The van der Waals surface area contributed by atoms with Crippen molar-refractivity contribution >= 4 is 23.2 Å². The molecule has 1 fully saturated rings. The van der Waals surface area contributed by atoms with Crippen LogP contribution in [0.2, 0.25) is 0 Å². The Hall–Kier alpha value is -2.08. The van der Waals surface area contributed by atoms with Crippen LogP contribution in [0.5, 0.6) is 0 Å². The number of carbonyl (C=O) groups excluding carboxylic acids is 1. The molecule has 2 aromatic heterocycles. The molecular weight excluding hydrogens is 320 g/mol. The number of carbonyl (C=O) groups is 1. The summed E-state index contributed by atoms with van der Waals surface area (Å²) in [6.45, 7) is 4.24. The summed E-state index contributed by atoms with van der Waals surface area (Å²) in [6, 6.07) is 6.22. The van der Waals surface area contributed by atoms with Gasteiger partial charge in [0.05, 0.1) is 0 Å². The van der Waals surface area contributed by atoms with Gasteiger partial charge in [-0.25, -0.2) is 9.78 Å². The number of urea groups is 1. The second-order valence-electron chi connectivity index (χ2n) is 6.42. The Kier molecular flexibility index (Phi) is 4.38. The second kappa shape index (κ2) is 6.81. The highest BCUT2D eigenvalue weighted by molar-refractivity contribution is 7.10.